The minimum absolute atomic E-state index is 0.00947. The number of aliphatic carboxylic acids is 1. The first-order valence-corrected chi connectivity index (χ1v) is 7.50. The molecule has 0 aliphatic carbocycles. The zero-order valence-corrected chi connectivity index (χ0v) is 13.0. The summed E-state index contributed by atoms with van der Waals surface area (Å²) in [6.07, 6.45) is 2.76. The number of carbonyl (C=O) groups excluding carboxylic acids is 1. The minimum atomic E-state index is -0.834. The van der Waals surface area contributed by atoms with Gasteiger partial charge in [0.25, 0.3) is 0 Å². The Morgan fingerprint density at radius 2 is 2.23 bits per heavy atom. The number of nitrogens with one attached hydrogen (secondary N) is 1. The molecule has 1 amide bonds. The van der Waals surface area contributed by atoms with Gasteiger partial charge in [-0.2, -0.15) is 0 Å². The van der Waals surface area contributed by atoms with E-state index < -0.39 is 5.97 Å². The van der Waals surface area contributed by atoms with E-state index in [1.807, 2.05) is 17.9 Å². The highest BCUT2D eigenvalue weighted by Crippen LogP contribution is 2.29. The highest BCUT2D eigenvalue weighted by Gasteiger charge is 2.29. The fourth-order valence-electron chi connectivity index (χ4n) is 2.78. The maximum atomic E-state index is 11.4. The molecule has 2 heterocycles. The Morgan fingerprint density at radius 1 is 1.45 bits per heavy atom. The van der Waals surface area contributed by atoms with E-state index in [1.54, 1.807) is 7.05 Å². The first-order chi connectivity index (χ1) is 10.5. The van der Waals surface area contributed by atoms with E-state index in [-0.39, 0.29) is 18.5 Å². The molecule has 0 bridgehead atoms. The van der Waals surface area contributed by atoms with E-state index in [9.17, 15) is 9.59 Å². The monoisotopic (exact) mass is 306 g/mol. The molecule has 7 heteroatoms. The van der Waals surface area contributed by atoms with Gasteiger partial charge >= 0.3 is 5.97 Å². The van der Waals surface area contributed by atoms with E-state index in [0.29, 0.717) is 18.7 Å². The van der Waals surface area contributed by atoms with Crippen molar-refractivity contribution < 1.29 is 14.7 Å². The van der Waals surface area contributed by atoms with Crippen molar-refractivity contribution in [1.82, 2.24) is 20.2 Å². The van der Waals surface area contributed by atoms with Gasteiger partial charge in [0.1, 0.15) is 5.82 Å². The van der Waals surface area contributed by atoms with Gasteiger partial charge in [-0.3, -0.25) is 14.5 Å². The molecular formula is C15H22N4O3. The van der Waals surface area contributed by atoms with Gasteiger partial charge in [0.15, 0.2) is 0 Å². The SMILES string of the molecule is CNC(=O)CCc1cc(C)nc(C2CCCN2CC(=O)O)n1. The molecule has 2 N–H and O–H groups in total. The van der Waals surface area contributed by atoms with Crippen LogP contribution in [0.5, 0.6) is 0 Å². The lowest BCUT2D eigenvalue weighted by Gasteiger charge is -2.21. The standard InChI is InChI=1S/C15H22N4O3/c1-10-8-11(5-6-13(20)16-2)18-15(17-10)12-4-3-7-19(12)9-14(21)22/h8,12H,3-7,9H2,1-2H3,(H,16,20)(H,21,22). The lowest BCUT2D eigenvalue weighted by molar-refractivity contribution is -0.138. The van der Waals surface area contributed by atoms with Crippen molar-refractivity contribution in [2.45, 2.75) is 38.6 Å². The summed E-state index contributed by atoms with van der Waals surface area (Å²) < 4.78 is 0. The lowest BCUT2D eigenvalue weighted by Crippen LogP contribution is -2.30. The molecule has 0 aromatic carbocycles. The molecule has 1 aromatic rings. The number of aromatic nitrogens is 2. The van der Waals surface area contributed by atoms with Crippen LogP contribution in [0.15, 0.2) is 6.07 Å². The Kier molecular flexibility index (Phi) is 5.43. The molecule has 1 atom stereocenters. The van der Waals surface area contributed by atoms with E-state index in [0.717, 1.165) is 30.8 Å². The third-order valence-electron chi connectivity index (χ3n) is 3.81. The van der Waals surface area contributed by atoms with E-state index >= 15 is 0 Å². The lowest BCUT2D eigenvalue weighted by atomic mass is 10.1. The summed E-state index contributed by atoms with van der Waals surface area (Å²) in [5.41, 5.74) is 1.67. The zero-order chi connectivity index (χ0) is 16.1. The number of amides is 1. The van der Waals surface area contributed by atoms with Gasteiger partial charge < -0.3 is 10.4 Å². The van der Waals surface area contributed by atoms with Crippen LogP contribution in [0.25, 0.3) is 0 Å². The number of aryl methyl sites for hydroxylation is 2. The van der Waals surface area contributed by atoms with E-state index in [2.05, 4.69) is 15.3 Å². The first-order valence-electron chi connectivity index (χ1n) is 7.50. The Hall–Kier alpha value is -2.02. The molecular weight excluding hydrogens is 284 g/mol. The minimum Gasteiger partial charge on any atom is -0.480 e. The largest absolute Gasteiger partial charge is 0.480 e. The van der Waals surface area contributed by atoms with Crippen LogP contribution in [0, 0.1) is 6.92 Å². The van der Waals surface area contributed by atoms with Gasteiger partial charge in [-0.25, -0.2) is 9.97 Å². The summed E-state index contributed by atoms with van der Waals surface area (Å²) >= 11 is 0. The highest BCUT2D eigenvalue weighted by atomic mass is 16.4. The predicted molar refractivity (Wildman–Crippen MR) is 80.3 cm³/mol. The van der Waals surface area contributed by atoms with Crippen LogP contribution in [0.3, 0.4) is 0 Å². The quantitative estimate of drug-likeness (QED) is 0.802. The summed E-state index contributed by atoms with van der Waals surface area (Å²) in [5, 5.41) is 11.6. The molecule has 1 aliphatic rings. The average Bonchev–Trinajstić information content (AvgIpc) is 2.91. The second-order valence-electron chi connectivity index (χ2n) is 5.55. The molecule has 2 rings (SSSR count). The van der Waals surface area contributed by atoms with Crippen LogP contribution in [-0.2, 0) is 16.0 Å². The predicted octanol–water partition coefficient (Wildman–Crippen LogP) is 0.685. The second-order valence-corrected chi connectivity index (χ2v) is 5.55. The smallest absolute Gasteiger partial charge is 0.317 e. The van der Waals surface area contributed by atoms with Crippen molar-refractivity contribution in [3.63, 3.8) is 0 Å². The Morgan fingerprint density at radius 3 is 2.91 bits per heavy atom. The van der Waals surface area contributed by atoms with Gasteiger partial charge in [-0.1, -0.05) is 0 Å². The van der Waals surface area contributed by atoms with Crippen LogP contribution in [0.2, 0.25) is 0 Å². The maximum Gasteiger partial charge on any atom is 0.317 e. The molecule has 1 aromatic heterocycles. The van der Waals surface area contributed by atoms with Crippen LogP contribution in [0.4, 0.5) is 0 Å². The van der Waals surface area contributed by atoms with Crippen molar-refractivity contribution in [3.05, 3.63) is 23.3 Å². The number of nitrogens with zero attached hydrogens (tertiary/aromatic N) is 3. The topological polar surface area (TPSA) is 95.4 Å². The van der Waals surface area contributed by atoms with Crippen molar-refractivity contribution in [1.29, 1.82) is 0 Å². The van der Waals surface area contributed by atoms with Crippen LogP contribution >= 0.6 is 0 Å². The Labute approximate surface area is 129 Å². The molecule has 1 aliphatic heterocycles. The third-order valence-corrected chi connectivity index (χ3v) is 3.81. The van der Waals surface area contributed by atoms with E-state index in [4.69, 9.17) is 5.11 Å². The summed E-state index contributed by atoms with van der Waals surface area (Å²) in [5.74, 6) is -0.184. The average molecular weight is 306 g/mol. The molecule has 0 saturated carbocycles. The highest BCUT2D eigenvalue weighted by molar-refractivity contribution is 5.75. The molecule has 120 valence electrons. The summed E-state index contributed by atoms with van der Waals surface area (Å²) in [4.78, 5) is 33.2. The zero-order valence-electron chi connectivity index (χ0n) is 13.0. The van der Waals surface area contributed by atoms with Crippen LogP contribution < -0.4 is 5.32 Å². The Balaban J connectivity index is 2.14. The number of rotatable bonds is 6. The molecule has 1 fully saturated rings. The fourth-order valence-corrected chi connectivity index (χ4v) is 2.78. The van der Waals surface area contributed by atoms with Gasteiger partial charge in [0.2, 0.25) is 5.91 Å². The molecule has 22 heavy (non-hydrogen) atoms. The number of carboxylic acid groups (broad SMARTS) is 1. The van der Waals surface area contributed by atoms with Crippen molar-refractivity contribution in [2.24, 2.45) is 0 Å². The summed E-state index contributed by atoms with van der Waals surface area (Å²) in [7, 11) is 1.61. The van der Waals surface area contributed by atoms with Gasteiger partial charge in [0.05, 0.1) is 12.6 Å². The van der Waals surface area contributed by atoms with Crippen molar-refractivity contribution in [2.75, 3.05) is 20.1 Å². The van der Waals surface area contributed by atoms with Gasteiger partial charge in [0, 0.05) is 24.9 Å². The van der Waals surface area contributed by atoms with E-state index in [1.165, 1.54) is 0 Å². The molecule has 1 unspecified atom stereocenters. The summed E-state index contributed by atoms with van der Waals surface area (Å²) in [6.45, 7) is 2.66. The van der Waals surface area contributed by atoms with Crippen molar-refractivity contribution in [3.8, 4) is 0 Å². The number of carboxylic acids is 1. The van der Waals surface area contributed by atoms with Crippen molar-refractivity contribution >= 4 is 11.9 Å². The molecule has 1 saturated heterocycles. The number of hydrogen-bond donors (Lipinski definition) is 2. The number of carbonyl (C=O) groups is 2. The third kappa shape index (κ3) is 4.24. The molecule has 0 spiro atoms. The van der Waals surface area contributed by atoms with Gasteiger partial charge in [-0.15, -0.1) is 0 Å². The van der Waals surface area contributed by atoms with Crippen LogP contribution in [0.1, 0.15) is 42.5 Å². The van der Waals surface area contributed by atoms with Crippen LogP contribution in [-0.4, -0.2) is 52.0 Å². The first kappa shape index (κ1) is 16.4. The molecule has 7 nitrogen and oxygen atoms in total. The second kappa shape index (κ2) is 7.31. The Bertz CT molecular complexity index is 562. The number of likely N-dealkylation sites (tertiary alicyclic amines) is 1. The van der Waals surface area contributed by atoms with Gasteiger partial charge in [-0.05, 0) is 38.8 Å². The normalized spacial score (nSPS) is 18.4. The summed E-state index contributed by atoms with van der Waals surface area (Å²) in [6, 6.07) is 1.83. The fraction of sp³-hybridized carbons (Fsp3) is 0.600. The number of hydrogen-bond acceptors (Lipinski definition) is 5. The molecule has 0 radical (unpaired) electrons. The maximum absolute atomic E-state index is 11.4.